The number of hydrogen-bond acceptors (Lipinski definition) is 2. The topological polar surface area (TPSA) is 32.3 Å². The van der Waals surface area contributed by atoms with Gasteiger partial charge in [0.05, 0.1) is 6.61 Å². The molecule has 96 valence electrons. The largest absolute Gasteiger partial charge is 0.394 e. The summed E-state index contributed by atoms with van der Waals surface area (Å²) in [5.41, 5.74) is -0.519. The fourth-order valence-electron chi connectivity index (χ4n) is 1.30. The van der Waals surface area contributed by atoms with E-state index < -0.39 is 23.0 Å². The Morgan fingerprint density at radius 2 is 1.76 bits per heavy atom. The molecular formula is C12H16F3NO. The first-order valence-corrected chi connectivity index (χ1v) is 5.41. The van der Waals surface area contributed by atoms with Gasteiger partial charge in [0.25, 0.3) is 0 Å². The van der Waals surface area contributed by atoms with Crippen molar-refractivity contribution in [2.45, 2.75) is 32.4 Å². The second-order valence-corrected chi connectivity index (χ2v) is 4.28. The monoisotopic (exact) mass is 247 g/mol. The van der Waals surface area contributed by atoms with Gasteiger partial charge in [-0.3, -0.25) is 0 Å². The minimum atomic E-state index is -1.20. The highest BCUT2D eigenvalue weighted by molar-refractivity contribution is 5.20. The number of aliphatic hydroxyl groups excluding tert-OH is 1. The Kier molecular flexibility index (Phi) is 4.54. The molecule has 0 aliphatic heterocycles. The summed E-state index contributed by atoms with van der Waals surface area (Å²) in [6.45, 7) is 3.55. The Morgan fingerprint density at radius 3 is 2.29 bits per heavy atom. The molecule has 0 aliphatic rings. The second kappa shape index (κ2) is 5.51. The summed E-state index contributed by atoms with van der Waals surface area (Å²) in [6.07, 6.45) is 0.634. The van der Waals surface area contributed by atoms with Crippen molar-refractivity contribution in [1.29, 1.82) is 0 Å². The van der Waals surface area contributed by atoms with Crippen LogP contribution in [0.2, 0.25) is 0 Å². The summed E-state index contributed by atoms with van der Waals surface area (Å²) in [6, 6.07) is 1.35. The Labute approximate surface area is 98.5 Å². The first-order valence-electron chi connectivity index (χ1n) is 5.41. The van der Waals surface area contributed by atoms with Crippen LogP contribution in [0.25, 0.3) is 0 Å². The van der Waals surface area contributed by atoms with Crippen LogP contribution in [-0.2, 0) is 6.54 Å². The van der Waals surface area contributed by atoms with Crippen molar-refractivity contribution in [3.05, 3.63) is 35.1 Å². The smallest absolute Gasteiger partial charge is 0.161 e. The van der Waals surface area contributed by atoms with Crippen molar-refractivity contribution in [1.82, 2.24) is 5.32 Å². The molecule has 2 N–H and O–H groups in total. The van der Waals surface area contributed by atoms with E-state index >= 15 is 0 Å². The molecule has 17 heavy (non-hydrogen) atoms. The van der Waals surface area contributed by atoms with Gasteiger partial charge in [0.15, 0.2) is 11.6 Å². The molecule has 0 bridgehead atoms. The molecule has 1 atom stereocenters. The van der Waals surface area contributed by atoms with Crippen molar-refractivity contribution in [3.63, 3.8) is 0 Å². The third-order valence-corrected chi connectivity index (χ3v) is 2.92. The standard InChI is InChI=1S/C12H16F3NO/c1-3-12(2,7-17)16-6-8-4-10(14)11(15)5-9(8)13/h4-5,16-17H,3,6-7H2,1-2H3. The number of hydrogen-bond donors (Lipinski definition) is 2. The van der Waals surface area contributed by atoms with Gasteiger partial charge in [-0.2, -0.15) is 0 Å². The molecule has 0 saturated carbocycles. The van der Waals surface area contributed by atoms with Crippen LogP contribution in [0.3, 0.4) is 0 Å². The van der Waals surface area contributed by atoms with Crippen LogP contribution in [-0.4, -0.2) is 17.3 Å². The Balaban J connectivity index is 2.79. The molecule has 1 rings (SSSR count). The minimum Gasteiger partial charge on any atom is -0.394 e. The molecule has 1 unspecified atom stereocenters. The maximum atomic E-state index is 13.3. The Hall–Kier alpha value is -1.07. The van der Waals surface area contributed by atoms with Crippen LogP contribution in [0.15, 0.2) is 12.1 Å². The molecule has 0 heterocycles. The SMILES string of the molecule is CCC(C)(CO)NCc1cc(F)c(F)cc1F. The van der Waals surface area contributed by atoms with Gasteiger partial charge in [-0.1, -0.05) is 6.92 Å². The molecule has 0 aliphatic carbocycles. The van der Waals surface area contributed by atoms with Crippen molar-refractivity contribution in [2.75, 3.05) is 6.61 Å². The fraction of sp³-hybridized carbons (Fsp3) is 0.500. The maximum Gasteiger partial charge on any atom is 0.161 e. The normalized spacial score (nSPS) is 14.7. The molecule has 2 nitrogen and oxygen atoms in total. The zero-order chi connectivity index (χ0) is 13.1. The predicted molar refractivity (Wildman–Crippen MR) is 58.9 cm³/mol. The number of halogens is 3. The van der Waals surface area contributed by atoms with Crippen LogP contribution in [0, 0.1) is 17.5 Å². The van der Waals surface area contributed by atoms with Crippen molar-refractivity contribution < 1.29 is 18.3 Å². The van der Waals surface area contributed by atoms with E-state index in [4.69, 9.17) is 5.11 Å². The summed E-state index contributed by atoms with van der Waals surface area (Å²) < 4.78 is 38.9. The summed E-state index contributed by atoms with van der Waals surface area (Å²) in [4.78, 5) is 0. The average Bonchev–Trinajstić information content (AvgIpc) is 2.32. The molecule has 0 fully saturated rings. The van der Waals surface area contributed by atoms with Gasteiger partial charge in [0.2, 0.25) is 0 Å². The van der Waals surface area contributed by atoms with E-state index in [1.807, 2.05) is 6.92 Å². The summed E-state index contributed by atoms with van der Waals surface area (Å²) >= 11 is 0. The van der Waals surface area contributed by atoms with E-state index in [2.05, 4.69) is 5.32 Å². The van der Waals surface area contributed by atoms with Crippen LogP contribution < -0.4 is 5.32 Å². The number of benzene rings is 1. The highest BCUT2D eigenvalue weighted by Crippen LogP contribution is 2.15. The summed E-state index contributed by atoms with van der Waals surface area (Å²) in [5.74, 6) is -3.08. The first-order chi connectivity index (χ1) is 7.91. The van der Waals surface area contributed by atoms with Crippen LogP contribution in [0.5, 0.6) is 0 Å². The fourth-order valence-corrected chi connectivity index (χ4v) is 1.30. The van der Waals surface area contributed by atoms with Gasteiger partial charge in [0, 0.05) is 23.7 Å². The molecule has 0 amide bonds. The number of rotatable bonds is 5. The molecule has 0 aromatic heterocycles. The molecule has 0 spiro atoms. The quantitative estimate of drug-likeness (QED) is 0.783. The van der Waals surface area contributed by atoms with Crippen molar-refractivity contribution >= 4 is 0 Å². The Bertz CT molecular complexity index is 392. The number of aliphatic hydroxyl groups is 1. The van der Waals surface area contributed by atoms with E-state index in [-0.39, 0.29) is 18.7 Å². The summed E-state index contributed by atoms with van der Waals surface area (Å²) in [5, 5.41) is 12.1. The third-order valence-electron chi connectivity index (χ3n) is 2.92. The minimum absolute atomic E-state index is 0.0356. The summed E-state index contributed by atoms with van der Waals surface area (Å²) in [7, 11) is 0. The second-order valence-electron chi connectivity index (χ2n) is 4.28. The van der Waals surface area contributed by atoms with Crippen molar-refractivity contribution in [3.8, 4) is 0 Å². The predicted octanol–water partition coefficient (Wildman–Crippen LogP) is 2.35. The van der Waals surface area contributed by atoms with Gasteiger partial charge in [0.1, 0.15) is 5.82 Å². The lowest BCUT2D eigenvalue weighted by molar-refractivity contribution is 0.168. The third kappa shape index (κ3) is 3.44. The highest BCUT2D eigenvalue weighted by atomic mass is 19.2. The molecule has 5 heteroatoms. The average molecular weight is 247 g/mol. The zero-order valence-corrected chi connectivity index (χ0v) is 9.86. The molecular weight excluding hydrogens is 231 g/mol. The van der Waals surface area contributed by atoms with E-state index in [0.717, 1.165) is 6.07 Å². The van der Waals surface area contributed by atoms with E-state index in [1.54, 1.807) is 6.92 Å². The maximum absolute atomic E-state index is 13.3. The lowest BCUT2D eigenvalue weighted by Gasteiger charge is -2.27. The molecule has 0 saturated heterocycles. The van der Waals surface area contributed by atoms with Crippen molar-refractivity contribution in [2.24, 2.45) is 0 Å². The van der Waals surface area contributed by atoms with E-state index in [1.165, 1.54) is 0 Å². The molecule has 1 aromatic carbocycles. The van der Waals surface area contributed by atoms with Gasteiger partial charge in [-0.15, -0.1) is 0 Å². The van der Waals surface area contributed by atoms with Gasteiger partial charge in [-0.25, -0.2) is 13.2 Å². The molecule has 0 radical (unpaired) electrons. The van der Waals surface area contributed by atoms with Gasteiger partial charge in [-0.05, 0) is 19.4 Å². The molecule has 1 aromatic rings. The van der Waals surface area contributed by atoms with Crippen LogP contribution in [0.1, 0.15) is 25.8 Å². The van der Waals surface area contributed by atoms with Crippen LogP contribution in [0.4, 0.5) is 13.2 Å². The lowest BCUT2D eigenvalue weighted by atomic mass is 10.00. The van der Waals surface area contributed by atoms with Gasteiger partial charge >= 0.3 is 0 Å². The van der Waals surface area contributed by atoms with Gasteiger partial charge < -0.3 is 10.4 Å². The highest BCUT2D eigenvalue weighted by Gasteiger charge is 2.20. The van der Waals surface area contributed by atoms with Crippen LogP contribution >= 0.6 is 0 Å². The zero-order valence-electron chi connectivity index (χ0n) is 9.86. The van der Waals surface area contributed by atoms with E-state index in [0.29, 0.717) is 12.5 Å². The number of nitrogens with one attached hydrogen (secondary N) is 1. The Morgan fingerprint density at radius 1 is 1.18 bits per heavy atom. The van der Waals surface area contributed by atoms with E-state index in [9.17, 15) is 13.2 Å². The first kappa shape index (κ1) is 14.0. The lowest BCUT2D eigenvalue weighted by Crippen LogP contribution is -2.44.